The van der Waals surface area contributed by atoms with Crippen molar-refractivity contribution in [2.45, 2.75) is 0 Å². The van der Waals surface area contributed by atoms with Gasteiger partial charge < -0.3 is 5.73 Å². The fraction of sp³-hybridized carbons (Fsp3) is 0. The molecule has 0 fully saturated rings. The first-order valence-corrected chi connectivity index (χ1v) is 6.54. The molecule has 100 valence electrons. The lowest BCUT2D eigenvalue weighted by Gasteiger charge is -2.07. The minimum Gasteiger partial charge on any atom is -0.398 e. The third-order valence-corrected chi connectivity index (χ3v) is 3.33. The van der Waals surface area contributed by atoms with E-state index in [0.717, 1.165) is 10.2 Å². The topological polar surface area (TPSA) is 69.6 Å². The van der Waals surface area contributed by atoms with Crippen LogP contribution in [-0.2, 0) is 0 Å². The van der Waals surface area contributed by atoms with Crippen molar-refractivity contribution in [1.82, 2.24) is 20.2 Å². The second-order valence-electron chi connectivity index (χ2n) is 4.12. The molecule has 0 aliphatic rings. The average Bonchev–Trinajstić information content (AvgIpc) is 2.91. The van der Waals surface area contributed by atoms with E-state index in [2.05, 4.69) is 31.5 Å². The Bertz CT molecular complexity index is 754. The normalized spacial score (nSPS) is 10.7. The fourth-order valence-corrected chi connectivity index (χ4v) is 2.10. The molecule has 0 radical (unpaired) electrons. The van der Waals surface area contributed by atoms with Crippen LogP contribution in [-0.4, -0.2) is 20.2 Å². The molecule has 0 aliphatic carbocycles. The third-order valence-electron chi connectivity index (χ3n) is 2.80. The minimum absolute atomic E-state index is 0.389. The number of nitrogens with zero attached hydrogens (tertiary/aromatic N) is 4. The summed E-state index contributed by atoms with van der Waals surface area (Å²) in [6.07, 6.45) is 0. The van der Waals surface area contributed by atoms with Gasteiger partial charge in [-0.2, -0.15) is 4.68 Å². The highest BCUT2D eigenvalue weighted by Crippen LogP contribution is 2.26. The lowest BCUT2D eigenvalue weighted by molar-refractivity contribution is 0.628. The molecule has 0 atom stereocenters. The standard InChI is InChI=1S/C13H9BrFN5/c14-8-1-4-10(5-2-8)20-13(17-18-19-20)11-7-9(15)3-6-12(11)16/h1-7H,16H2. The predicted octanol–water partition coefficient (Wildman–Crippen LogP) is 2.81. The first kappa shape index (κ1) is 12.7. The summed E-state index contributed by atoms with van der Waals surface area (Å²) in [6, 6.07) is 11.5. The van der Waals surface area contributed by atoms with Gasteiger partial charge in [-0.25, -0.2) is 4.39 Å². The number of nitrogen functional groups attached to an aromatic ring is 1. The fourth-order valence-electron chi connectivity index (χ4n) is 1.83. The smallest absolute Gasteiger partial charge is 0.189 e. The van der Waals surface area contributed by atoms with E-state index in [9.17, 15) is 4.39 Å². The molecule has 7 heteroatoms. The molecule has 0 spiro atoms. The molecule has 0 amide bonds. The Morgan fingerprint density at radius 1 is 1.10 bits per heavy atom. The van der Waals surface area contributed by atoms with Gasteiger partial charge in [-0.3, -0.25) is 0 Å². The number of hydrogen-bond acceptors (Lipinski definition) is 4. The van der Waals surface area contributed by atoms with Gasteiger partial charge in [-0.05, 0) is 52.9 Å². The Morgan fingerprint density at radius 3 is 2.60 bits per heavy atom. The van der Waals surface area contributed by atoms with Crippen LogP contribution >= 0.6 is 15.9 Å². The van der Waals surface area contributed by atoms with E-state index < -0.39 is 0 Å². The minimum atomic E-state index is -0.389. The van der Waals surface area contributed by atoms with E-state index in [1.54, 1.807) is 0 Å². The van der Waals surface area contributed by atoms with Crippen LogP contribution in [0.4, 0.5) is 10.1 Å². The zero-order valence-corrected chi connectivity index (χ0v) is 11.7. The van der Waals surface area contributed by atoms with E-state index in [1.807, 2.05) is 24.3 Å². The molecule has 0 aliphatic heterocycles. The first-order valence-electron chi connectivity index (χ1n) is 5.75. The van der Waals surface area contributed by atoms with Crippen LogP contribution in [0, 0.1) is 5.82 Å². The van der Waals surface area contributed by atoms with Gasteiger partial charge in [-0.1, -0.05) is 15.9 Å². The van der Waals surface area contributed by atoms with Crippen LogP contribution in [0.1, 0.15) is 0 Å². The van der Waals surface area contributed by atoms with Crippen molar-refractivity contribution in [3.05, 3.63) is 52.8 Å². The molecule has 0 bridgehead atoms. The summed E-state index contributed by atoms with van der Waals surface area (Å²) in [5.41, 5.74) is 7.50. The number of halogens is 2. The van der Waals surface area contributed by atoms with Crippen molar-refractivity contribution in [2.75, 3.05) is 5.73 Å². The van der Waals surface area contributed by atoms with Gasteiger partial charge in [-0.15, -0.1) is 5.10 Å². The van der Waals surface area contributed by atoms with Crippen molar-refractivity contribution in [3.63, 3.8) is 0 Å². The summed E-state index contributed by atoms with van der Waals surface area (Å²) in [5.74, 6) is 0.00359. The largest absolute Gasteiger partial charge is 0.398 e. The summed E-state index contributed by atoms with van der Waals surface area (Å²) < 4.78 is 15.8. The highest BCUT2D eigenvalue weighted by atomic mass is 79.9. The van der Waals surface area contributed by atoms with Crippen molar-refractivity contribution >= 4 is 21.6 Å². The molecule has 1 aromatic heterocycles. The van der Waals surface area contributed by atoms with E-state index >= 15 is 0 Å². The number of aromatic nitrogens is 4. The maximum Gasteiger partial charge on any atom is 0.189 e. The molecule has 2 aromatic carbocycles. The average molecular weight is 334 g/mol. The van der Waals surface area contributed by atoms with Gasteiger partial charge >= 0.3 is 0 Å². The van der Waals surface area contributed by atoms with Crippen LogP contribution in [0.5, 0.6) is 0 Å². The van der Waals surface area contributed by atoms with Crippen LogP contribution < -0.4 is 5.73 Å². The van der Waals surface area contributed by atoms with Crippen molar-refractivity contribution in [2.24, 2.45) is 0 Å². The Balaban J connectivity index is 2.15. The zero-order chi connectivity index (χ0) is 14.1. The SMILES string of the molecule is Nc1ccc(F)cc1-c1nnnn1-c1ccc(Br)cc1. The van der Waals surface area contributed by atoms with Crippen molar-refractivity contribution in [1.29, 1.82) is 0 Å². The summed E-state index contributed by atoms with van der Waals surface area (Å²) >= 11 is 3.36. The second kappa shape index (κ2) is 5.01. The Labute approximate surface area is 122 Å². The number of tetrazole rings is 1. The maximum atomic E-state index is 13.4. The monoisotopic (exact) mass is 333 g/mol. The van der Waals surface area contributed by atoms with Crippen molar-refractivity contribution < 1.29 is 4.39 Å². The maximum absolute atomic E-state index is 13.4. The molecular weight excluding hydrogens is 325 g/mol. The van der Waals surface area contributed by atoms with E-state index in [4.69, 9.17) is 5.73 Å². The summed E-state index contributed by atoms with van der Waals surface area (Å²) in [5, 5.41) is 11.5. The van der Waals surface area contributed by atoms with E-state index in [-0.39, 0.29) is 5.82 Å². The highest BCUT2D eigenvalue weighted by Gasteiger charge is 2.14. The molecule has 0 saturated carbocycles. The number of nitrogens with two attached hydrogens (primary N) is 1. The summed E-state index contributed by atoms with van der Waals surface area (Å²) in [7, 11) is 0. The van der Waals surface area contributed by atoms with Crippen LogP contribution in [0.15, 0.2) is 46.9 Å². The molecule has 5 nitrogen and oxygen atoms in total. The van der Waals surface area contributed by atoms with Crippen LogP contribution in [0.3, 0.4) is 0 Å². The summed E-state index contributed by atoms with van der Waals surface area (Å²) in [6.45, 7) is 0. The van der Waals surface area contributed by atoms with Gasteiger partial charge in [0.05, 0.1) is 5.69 Å². The molecule has 0 saturated heterocycles. The van der Waals surface area contributed by atoms with Gasteiger partial charge in [0.1, 0.15) is 5.82 Å². The van der Waals surface area contributed by atoms with Gasteiger partial charge in [0.25, 0.3) is 0 Å². The lowest BCUT2D eigenvalue weighted by Crippen LogP contribution is -2.02. The van der Waals surface area contributed by atoms with Crippen molar-refractivity contribution in [3.8, 4) is 17.1 Å². The zero-order valence-electron chi connectivity index (χ0n) is 10.2. The Hall–Kier alpha value is -2.28. The molecule has 20 heavy (non-hydrogen) atoms. The van der Waals surface area contributed by atoms with Crippen LogP contribution in [0.2, 0.25) is 0 Å². The molecule has 0 unspecified atom stereocenters. The molecule has 3 aromatic rings. The molecular formula is C13H9BrFN5. The quantitative estimate of drug-likeness (QED) is 0.732. The number of benzene rings is 2. The first-order chi connectivity index (χ1) is 9.65. The highest BCUT2D eigenvalue weighted by molar-refractivity contribution is 9.10. The third kappa shape index (κ3) is 2.27. The van der Waals surface area contributed by atoms with E-state index in [0.29, 0.717) is 17.1 Å². The second-order valence-corrected chi connectivity index (χ2v) is 5.04. The Morgan fingerprint density at radius 2 is 1.85 bits per heavy atom. The van der Waals surface area contributed by atoms with Gasteiger partial charge in [0.2, 0.25) is 0 Å². The molecule has 1 heterocycles. The molecule has 2 N–H and O–H groups in total. The van der Waals surface area contributed by atoms with Gasteiger partial charge in [0, 0.05) is 15.7 Å². The summed E-state index contributed by atoms with van der Waals surface area (Å²) in [4.78, 5) is 0. The number of rotatable bonds is 2. The van der Waals surface area contributed by atoms with Crippen LogP contribution in [0.25, 0.3) is 17.1 Å². The molecule has 3 rings (SSSR count). The Kier molecular flexibility index (Phi) is 3.19. The predicted molar refractivity (Wildman–Crippen MR) is 76.7 cm³/mol. The van der Waals surface area contributed by atoms with E-state index in [1.165, 1.54) is 22.9 Å². The van der Waals surface area contributed by atoms with Gasteiger partial charge in [0.15, 0.2) is 5.82 Å². The number of anilines is 1. The number of hydrogen-bond donors (Lipinski definition) is 1. The lowest BCUT2D eigenvalue weighted by atomic mass is 10.1.